The molecule has 29 heavy (non-hydrogen) atoms. The van der Waals surface area contributed by atoms with Gasteiger partial charge in [0.15, 0.2) is 0 Å². The molecule has 154 valence electrons. The number of aromatic nitrogens is 1. The molecule has 0 spiro atoms. The molecule has 0 bridgehead atoms. The molecule has 1 N–H and O–H groups in total. The maximum atomic E-state index is 13.9. The Labute approximate surface area is 171 Å². The van der Waals surface area contributed by atoms with Crippen LogP contribution < -0.4 is 5.32 Å². The molecule has 2 saturated heterocycles. The smallest absolute Gasteiger partial charge is 0.253 e. The molecule has 0 aliphatic carbocycles. The second-order valence-electron chi connectivity index (χ2n) is 8.09. The van der Waals surface area contributed by atoms with Crippen LogP contribution in [0.1, 0.15) is 41.6 Å². The molecule has 6 heteroatoms. The van der Waals surface area contributed by atoms with E-state index in [1.807, 2.05) is 11.0 Å². The zero-order valence-corrected chi connectivity index (χ0v) is 16.6. The fourth-order valence-electron chi connectivity index (χ4n) is 4.45. The monoisotopic (exact) mass is 397 g/mol. The predicted molar refractivity (Wildman–Crippen MR) is 109 cm³/mol. The average molecular weight is 397 g/mol. The quantitative estimate of drug-likeness (QED) is 0.842. The standard InChI is InChI=1S/C23H28FN3O2/c24-20-3-1-2-19(16-20)23(8-14-29-15-9-23)17-26-21-6-12-27(13-7-21)22(28)18-4-10-25-11-5-18/h1-5,10-11,16,21,26H,6-9,12-15,17H2. The summed E-state index contributed by atoms with van der Waals surface area (Å²) >= 11 is 0. The van der Waals surface area contributed by atoms with Crippen LogP contribution in [0.3, 0.4) is 0 Å². The lowest BCUT2D eigenvalue weighted by Crippen LogP contribution is -2.50. The van der Waals surface area contributed by atoms with Crippen molar-refractivity contribution in [3.05, 3.63) is 65.7 Å². The third kappa shape index (κ3) is 4.65. The Hall–Kier alpha value is -2.31. The molecule has 1 amide bonds. The maximum absolute atomic E-state index is 13.9. The van der Waals surface area contributed by atoms with Crippen molar-refractivity contribution >= 4 is 5.91 Å². The predicted octanol–water partition coefficient (Wildman–Crippen LogP) is 3.16. The SMILES string of the molecule is O=C(c1ccncc1)N1CCC(NCC2(c3cccc(F)c3)CCOCC2)CC1. The van der Waals surface area contributed by atoms with Crippen molar-refractivity contribution in [2.24, 2.45) is 0 Å². The molecule has 0 radical (unpaired) electrons. The number of carbonyl (C=O) groups excluding carboxylic acids is 1. The number of hydrogen-bond acceptors (Lipinski definition) is 4. The van der Waals surface area contributed by atoms with E-state index in [9.17, 15) is 9.18 Å². The van der Waals surface area contributed by atoms with Gasteiger partial charge in [-0.2, -0.15) is 0 Å². The molecule has 2 fully saturated rings. The van der Waals surface area contributed by atoms with E-state index in [2.05, 4.69) is 10.3 Å². The average Bonchev–Trinajstić information content (AvgIpc) is 2.79. The number of benzene rings is 1. The maximum Gasteiger partial charge on any atom is 0.253 e. The van der Waals surface area contributed by atoms with E-state index in [0.29, 0.717) is 24.8 Å². The number of rotatable bonds is 5. The molecule has 3 heterocycles. The Kier molecular flexibility index (Phi) is 6.21. The van der Waals surface area contributed by atoms with E-state index >= 15 is 0 Å². The Bertz CT molecular complexity index is 816. The number of pyridine rings is 1. The summed E-state index contributed by atoms with van der Waals surface area (Å²) in [6.07, 6.45) is 6.94. The minimum Gasteiger partial charge on any atom is -0.381 e. The first-order valence-electron chi connectivity index (χ1n) is 10.4. The van der Waals surface area contributed by atoms with Crippen molar-refractivity contribution in [1.29, 1.82) is 0 Å². The molecule has 1 aromatic heterocycles. The summed E-state index contributed by atoms with van der Waals surface area (Å²) in [4.78, 5) is 18.5. The van der Waals surface area contributed by atoms with E-state index in [4.69, 9.17) is 4.74 Å². The highest BCUT2D eigenvalue weighted by Crippen LogP contribution is 2.35. The number of carbonyl (C=O) groups is 1. The number of piperidine rings is 1. The first-order chi connectivity index (χ1) is 14.2. The molecule has 2 aliphatic rings. The van der Waals surface area contributed by atoms with Gasteiger partial charge in [-0.1, -0.05) is 12.1 Å². The van der Waals surface area contributed by atoms with Gasteiger partial charge in [0.05, 0.1) is 0 Å². The zero-order valence-electron chi connectivity index (χ0n) is 16.6. The molecular formula is C23H28FN3O2. The van der Waals surface area contributed by atoms with Crippen LogP contribution in [0.15, 0.2) is 48.8 Å². The van der Waals surface area contributed by atoms with Crippen LogP contribution in [0, 0.1) is 5.82 Å². The minimum absolute atomic E-state index is 0.0755. The highest BCUT2D eigenvalue weighted by molar-refractivity contribution is 5.94. The summed E-state index contributed by atoms with van der Waals surface area (Å²) in [7, 11) is 0. The van der Waals surface area contributed by atoms with Crippen LogP contribution in [-0.4, -0.2) is 54.7 Å². The highest BCUT2D eigenvalue weighted by Gasteiger charge is 2.35. The van der Waals surface area contributed by atoms with E-state index in [0.717, 1.165) is 50.9 Å². The highest BCUT2D eigenvalue weighted by atomic mass is 19.1. The summed E-state index contributed by atoms with van der Waals surface area (Å²) in [6, 6.07) is 10.9. The topological polar surface area (TPSA) is 54.5 Å². The number of nitrogens with zero attached hydrogens (tertiary/aromatic N) is 2. The summed E-state index contributed by atoms with van der Waals surface area (Å²) in [5, 5.41) is 3.72. The number of hydrogen-bond donors (Lipinski definition) is 1. The van der Waals surface area contributed by atoms with E-state index in [1.165, 1.54) is 6.07 Å². The van der Waals surface area contributed by atoms with E-state index in [-0.39, 0.29) is 17.1 Å². The summed E-state index contributed by atoms with van der Waals surface area (Å²) in [6.45, 7) is 3.71. The first kappa shape index (κ1) is 20.0. The fourth-order valence-corrected chi connectivity index (χ4v) is 4.45. The molecule has 0 unspecified atom stereocenters. The van der Waals surface area contributed by atoms with Gasteiger partial charge in [0.25, 0.3) is 5.91 Å². The van der Waals surface area contributed by atoms with Crippen LogP contribution in [0.25, 0.3) is 0 Å². The number of ether oxygens (including phenoxy) is 1. The van der Waals surface area contributed by atoms with Gasteiger partial charge in [-0.3, -0.25) is 9.78 Å². The molecule has 2 aliphatic heterocycles. The Morgan fingerprint density at radius 3 is 2.59 bits per heavy atom. The second-order valence-corrected chi connectivity index (χ2v) is 8.09. The molecule has 1 aromatic carbocycles. The largest absolute Gasteiger partial charge is 0.381 e. The van der Waals surface area contributed by atoms with Gasteiger partial charge in [-0.05, 0) is 55.5 Å². The molecule has 5 nitrogen and oxygen atoms in total. The van der Waals surface area contributed by atoms with Crippen molar-refractivity contribution in [2.45, 2.75) is 37.1 Å². The van der Waals surface area contributed by atoms with Gasteiger partial charge in [0.2, 0.25) is 0 Å². The minimum atomic E-state index is -0.184. The number of nitrogens with one attached hydrogen (secondary N) is 1. The summed E-state index contributed by atoms with van der Waals surface area (Å²) in [5.74, 6) is -0.109. The lowest BCUT2D eigenvalue weighted by Gasteiger charge is -2.40. The van der Waals surface area contributed by atoms with Gasteiger partial charge < -0.3 is 15.0 Å². The molecule has 0 saturated carbocycles. The van der Waals surface area contributed by atoms with Crippen molar-refractivity contribution < 1.29 is 13.9 Å². The van der Waals surface area contributed by atoms with Crippen molar-refractivity contribution in [2.75, 3.05) is 32.8 Å². The van der Waals surface area contributed by atoms with Gasteiger partial charge in [0, 0.05) is 62.3 Å². The second kappa shape index (κ2) is 9.01. The first-order valence-corrected chi connectivity index (χ1v) is 10.4. The van der Waals surface area contributed by atoms with E-state index in [1.54, 1.807) is 36.7 Å². The Balaban J connectivity index is 1.35. The fraction of sp³-hybridized carbons (Fsp3) is 0.478. The van der Waals surface area contributed by atoms with Crippen LogP contribution in [0.4, 0.5) is 4.39 Å². The van der Waals surface area contributed by atoms with Crippen molar-refractivity contribution in [3.63, 3.8) is 0 Å². The third-order valence-corrected chi connectivity index (χ3v) is 6.33. The van der Waals surface area contributed by atoms with Gasteiger partial charge in [-0.15, -0.1) is 0 Å². The van der Waals surface area contributed by atoms with Crippen LogP contribution in [0.5, 0.6) is 0 Å². The Morgan fingerprint density at radius 1 is 1.17 bits per heavy atom. The van der Waals surface area contributed by atoms with E-state index < -0.39 is 0 Å². The molecule has 4 rings (SSSR count). The van der Waals surface area contributed by atoms with Gasteiger partial charge in [-0.25, -0.2) is 4.39 Å². The van der Waals surface area contributed by atoms with Gasteiger partial charge in [0.1, 0.15) is 5.82 Å². The zero-order chi connectivity index (χ0) is 20.1. The number of likely N-dealkylation sites (tertiary alicyclic amines) is 1. The Morgan fingerprint density at radius 2 is 1.90 bits per heavy atom. The normalized spacial score (nSPS) is 19.8. The van der Waals surface area contributed by atoms with Crippen LogP contribution in [-0.2, 0) is 10.2 Å². The summed E-state index contributed by atoms with van der Waals surface area (Å²) in [5.41, 5.74) is 1.65. The molecular weight excluding hydrogens is 369 g/mol. The molecule has 2 aromatic rings. The van der Waals surface area contributed by atoms with Crippen molar-refractivity contribution in [1.82, 2.24) is 15.2 Å². The van der Waals surface area contributed by atoms with Crippen LogP contribution >= 0.6 is 0 Å². The summed E-state index contributed by atoms with van der Waals surface area (Å²) < 4.78 is 19.4. The lowest BCUT2D eigenvalue weighted by atomic mass is 9.74. The number of amides is 1. The van der Waals surface area contributed by atoms with Gasteiger partial charge >= 0.3 is 0 Å². The third-order valence-electron chi connectivity index (χ3n) is 6.33. The van der Waals surface area contributed by atoms with Crippen molar-refractivity contribution in [3.8, 4) is 0 Å². The number of halogens is 1. The van der Waals surface area contributed by atoms with Crippen LogP contribution in [0.2, 0.25) is 0 Å². The lowest BCUT2D eigenvalue weighted by molar-refractivity contribution is 0.0469. The molecule has 0 atom stereocenters.